The van der Waals surface area contributed by atoms with Crippen LogP contribution in [-0.4, -0.2) is 15.1 Å². The third-order valence-corrected chi connectivity index (χ3v) is 2.71. The van der Waals surface area contributed by atoms with Crippen LogP contribution in [0.15, 0.2) is 29.1 Å². The summed E-state index contributed by atoms with van der Waals surface area (Å²) in [6, 6.07) is 7.23. The van der Waals surface area contributed by atoms with Gasteiger partial charge in [-0.3, -0.25) is 4.79 Å². The monoisotopic (exact) mass is 250 g/mol. The van der Waals surface area contributed by atoms with E-state index in [0.29, 0.717) is 17.3 Å². The highest BCUT2D eigenvalue weighted by molar-refractivity contribution is 6.30. The Bertz CT molecular complexity index is 590. The normalized spacial score (nSPS) is 10.5. The molecule has 0 amide bonds. The molecule has 0 radical (unpaired) electrons. The van der Waals surface area contributed by atoms with E-state index < -0.39 is 0 Å². The minimum atomic E-state index is -0.318. The fraction of sp³-hybridized carbons (Fsp3) is 0.167. The van der Waals surface area contributed by atoms with Crippen molar-refractivity contribution >= 4 is 11.6 Å². The Hall–Kier alpha value is -1.81. The highest BCUT2D eigenvalue weighted by Crippen LogP contribution is 2.13. The minimum absolute atomic E-state index is 0.224. The third-order valence-electron chi connectivity index (χ3n) is 2.46. The number of halogens is 1. The fourth-order valence-electron chi connectivity index (χ4n) is 1.45. The van der Waals surface area contributed by atoms with Crippen LogP contribution in [0.1, 0.15) is 17.0 Å². The number of aromatic hydroxyl groups is 1. The first-order chi connectivity index (χ1) is 8.06. The van der Waals surface area contributed by atoms with Crippen LogP contribution in [0.3, 0.4) is 0 Å². The predicted octanol–water partition coefficient (Wildman–Crippen LogP) is 2.03. The van der Waals surface area contributed by atoms with Crippen LogP contribution < -0.4 is 5.56 Å². The van der Waals surface area contributed by atoms with Crippen molar-refractivity contribution in [3.05, 3.63) is 56.6 Å². The van der Waals surface area contributed by atoms with Gasteiger partial charge in [-0.1, -0.05) is 23.7 Å². The van der Waals surface area contributed by atoms with Gasteiger partial charge in [-0.25, -0.2) is 0 Å². The zero-order valence-electron chi connectivity index (χ0n) is 9.20. The van der Waals surface area contributed by atoms with Crippen molar-refractivity contribution in [3.63, 3.8) is 0 Å². The number of aromatic nitrogens is 2. The average molecular weight is 251 g/mol. The van der Waals surface area contributed by atoms with Crippen molar-refractivity contribution in [2.75, 3.05) is 0 Å². The van der Waals surface area contributed by atoms with Gasteiger partial charge in [0.25, 0.3) is 5.56 Å². The second kappa shape index (κ2) is 4.59. The summed E-state index contributed by atoms with van der Waals surface area (Å²) in [5.74, 6) is 0.207. The summed E-state index contributed by atoms with van der Waals surface area (Å²) in [7, 11) is 0. The zero-order valence-corrected chi connectivity index (χ0v) is 9.95. The largest absolute Gasteiger partial charge is 0.493 e. The number of benzene rings is 1. The molecule has 0 aliphatic rings. The van der Waals surface area contributed by atoms with Crippen LogP contribution in [0, 0.1) is 6.92 Å². The van der Waals surface area contributed by atoms with Crippen LogP contribution in [0.2, 0.25) is 5.02 Å². The predicted molar refractivity (Wildman–Crippen MR) is 65.5 cm³/mol. The van der Waals surface area contributed by atoms with Gasteiger partial charge in [-0.15, -0.1) is 0 Å². The van der Waals surface area contributed by atoms with Gasteiger partial charge in [-0.2, -0.15) is 4.98 Å². The molecule has 1 aromatic carbocycles. The first-order valence-corrected chi connectivity index (χ1v) is 5.47. The molecule has 0 bridgehead atoms. The van der Waals surface area contributed by atoms with Gasteiger partial charge in [0, 0.05) is 11.4 Å². The highest BCUT2D eigenvalue weighted by Gasteiger charge is 2.06. The number of H-pyrrole nitrogens is 1. The molecular weight excluding hydrogens is 240 g/mol. The Kier molecular flexibility index (Phi) is 3.15. The van der Waals surface area contributed by atoms with E-state index in [2.05, 4.69) is 9.97 Å². The van der Waals surface area contributed by atoms with E-state index in [9.17, 15) is 9.90 Å². The molecule has 1 heterocycles. The Labute approximate surface area is 103 Å². The summed E-state index contributed by atoms with van der Waals surface area (Å²) < 4.78 is 0. The summed E-state index contributed by atoms with van der Waals surface area (Å²) in [4.78, 5) is 18.0. The van der Waals surface area contributed by atoms with Crippen LogP contribution in [0.4, 0.5) is 0 Å². The van der Waals surface area contributed by atoms with E-state index in [1.54, 1.807) is 12.1 Å². The van der Waals surface area contributed by atoms with Crippen molar-refractivity contribution < 1.29 is 5.11 Å². The number of nitrogens with one attached hydrogen (secondary N) is 1. The molecule has 0 unspecified atom stereocenters. The number of hydrogen-bond donors (Lipinski definition) is 2. The highest BCUT2D eigenvalue weighted by atomic mass is 35.5. The van der Waals surface area contributed by atoms with Gasteiger partial charge in [0.2, 0.25) is 5.88 Å². The van der Waals surface area contributed by atoms with Crippen molar-refractivity contribution in [1.29, 1.82) is 0 Å². The van der Waals surface area contributed by atoms with Gasteiger partial charge in [-0.05, 0) is 24.6 Å². The van der Waals surface area contributed by atoms with E-state index >= 15 is 0 Å². The standard InChI is InChI=1S/C12H11ClN2O2/c1-7-11(16)14-10(15-12(7)17)6-8-2-4-9(13)5-3-8/h2-5H,6H2,1H3,(H2,14,15,16,17). The van der Waals surface area contributed by atoms with Crippen LogP contribution in [0.5, 0.6) is 5.88 Å². The molecule has 0 aliphatic heterocycles. The SMILES string of the molecule is Cc1c(O)nc(Cc2ccc(Cl)cc2)[nH]c1=O. The van der Waals surface area contributed by atoms with Crippen LogP contribution >= 0.6 is 11.6 Å². The average Bonchev–Trinajstić information content (AvgIpc) is 2.29. The lowest BCUT2D eigenvalue weighted by atomic mass is 10.1. The maximum Gasteiger partial charge on any atom is 0.257 e. The molecule has 0 aliphatic carbocycles. The maximum absolute atomic E-state index is 11.4. The summed E-state index contributed by atoms with van der Waals surface area (Å²) in [6.07, 6.45) is 0.445. The summed E-state index contributed by atoms with van der Waals surface area (Å²) in [5.41, 5.74) is 0.868. The molecule has 0 atom stereocenters. The second-order valence-electron chi connectivity index (χ2n) is 3.76. The Morgan fingerprint density at radius 1 is 1.35 bits per heavy atom. The summed E-state index contributed by atoms with van der Waals surface area (Å²) in [6.45, 7) is 1.52. The molecule has 88 valence electrons. The van der Waals surface area contributed by atoms with Gasteiger partial charge < -0.3 is 10.1 Å². The molecule has 2 rings (SSSR count). The first-order valence-electron chi connectivity index (χ1n) is 5.09. The van der Waals surface area contributed by atoms with E-state index in [-0.39, 0.29) is 17.0 Å². The fourth-order valence-corrected chi connectivity index (χ4v) is 1.57. The quantitative estimate of drug-likeness (QED) is 0.857. The molecule has 4 nitrogen and oxygen atoms in total. The number of rotatable bonds is 2. The first kappa shape index (κ1) is 11.7. The second-order valence-corrected chi connectivity index (χ2v) is 4.20. The summed E-state index contributed by atoms with van der Waals surface area (Å²) in [5, 5.41) is 10.1. The van der Waals surface area contributed by atoms with Crippen LogP contribution in [-0.2, 0) is 6.42 Å². The van der Waals surface area contributed by atoms with E-state index in [1.807, 2.05) is 12.1 Å². The topological polar surface area (TPSA) is 66.0 Å². The van der Waals surface area contributed by atoms with Crippen molar-refractivity contribution in [2.45, 2.75) is 13.3 Å². The molecule has 0 saturated heterocycles. The molecular formula is C12H11ClN2O2. The van der Waals surface area contributed by atoms with Crippen molar-refractivity contribution in [3.8, 4) is 5.88 Å². The molecule has 0 saturated carbocycles. The van der Waals surface area contributed by atoms with Gasteiger partial charge >= 0.3 is 0 Å². The third kappa shape index (κ3) is 2.65. The lowest BCUT2D eigenvalue weighted by Crippen LogP contribution is -2.14. The van der Waals surface area contributed by atoms with E-state index in [4.69, 9.17) is 11.6 Å². The van der Waals surface area contributed by atoms with E-state index in [1.165, 1.54) is 6.92 Å². The number of hydrogen-bond acceptors (Lipinski definition) is 3. The smallest absolute Gasteiger partial charge is 0.257 e. The molecule has 2 aromatic rings. The molecule has 5 heteroatoms. The molecule has 0 spiro atoms. The Morgan fingerprint density at radius 3 is 2.59 bits per heavy atom. The van der Waals surface area contributed by atoms with Crippen LogP contribution in [0.25, 0.3) is 0 Å². The van der Waals surface area contributed by atoms with Crippen molar-refractivity contribution in [2.24, 2.45) is 0 Å². The lowest BCUT2D eigenvalue weighted by molar-refractivity contribution is 0.443. The Morgan fingerprint density at radius 2 is 2.00 bits per heavy atom. The minimum Gasteiger partial charge on any atom is -0.493 e. The van der Waals surface area contributed by atoms with Gasteiger partial charge in [0.15, 0.2) is 0 Å². The molecule has 1 aromatic heterocycles. The number of nitrogens with zero attached hydrogens (tertiary/aromatic N) is 1. The van der Waals surface area contributed by atoms with E-state index in [0.717, 1.165) is 5.56 Å². The Balaban J connectivity index is 2.30. The molecule has 2 N–H and O–H groups in total. The zero-order chi connectivity index (χ0) is 12.4. The van der Waals surface area contributed by atoms with Crippen molar-refractivity contribution in [1.82, 2.24) is 9.97 Å². The molecule has 17 heavy (non-hydrogen) atoms. The number of aromatic amines is 1. The van der Waals surface area contributed by atoms with Gasteiger partial charge in [0.1, 0.15) is 5.82 Å². The lowest BCUT2D eigenvalue weighted by Gasteiger charge is -2.03. The summed E-state index contributed by atoms with van der Waals surface area (Å²) >= 11 is 5.77. The molecule has 0 fully saturated rings. The van der Waals surface area contributed by atoms with Gasteiger partial charge in [0.05, 0.1) is 5.56 Å². The maximum atomic E-state index is 11.4.